The fourth-order valence-electron chi connectivity index (χ4n) is 4.65. The number of hydrogen-bond acceptors (Lipinski definition) is 6. The first-order valence-corrected chi connectivity index (χ1v) is 12.0. The van der Waals surface area contributed by atoms with Gasteiger partial charge in [0.15, 0.2) is 0 Å². The van der Waals surface area contributed by atoms with Gasteiger partial charge in [0, 0.05) is 0 Å². The Hall–Kier alpha value is -1.14. The van der Waals surface area contributed by atoms with Gasteiger partial charge in [-0.15, -0.1) is 0 Å². The molecule has 0 aliphatic carbocycles. The maximum atomic E-state index is 13.3. The van der Waals surface area contributed by atoms with Gasteiger partial charge in [0.25, 0.3) is 0 Å². The third kappa shape index (κ3) is 5.56. The number of carbonyl (C=O) groups excluding carboxylic acids is 2. The van der Waals surface area contributed by atoms with Crippen LogP contribution >= 0.6 is 0 Å². The summed E-state index contributed by atoms with van der Waals surface area (Å²) in [7, 11) is 0. The summed E-state index contributed by atoms with van der Waals surface area (Å²) in [6.45, 7) is 14.4. The van der Waals surface area contributed by atoms with E-state index in [0.717, 1.165) is 44.9 Å². The van der Waals surface area contributed by atoms with Gasteiger partial charge >= 0.3 is 11.9 Å². The average Bonchev–Trinajstić information content (AvgIpc) is 2.71. The third-order valence-electron chi connectivity index (χ3n) is 7.10. The molecule has 1 fully saturated rings. The maximum Gasteiger partial charge on any atom is 0.393 e. The van der Waals surface area contributed by atoms with Crippen molar-refractivity contribution >= 4 is 11.9 Å². The molecule has 6 heteroatoms. The van der Waals surface area contributed by atoms with E-state index in [1.165, 1.54) is 0 Å². The molecular weight excluding hydrogens is 384 g/mol. The lowest BCUT2D eigenvalue weighted by molar-refractivity contribution is -0.502. The number of rotatable bonds is 14. The van der Waals surface area contributed by atoms with E-state index in [-0.39, 0.29) is 11.5 Å². The van der Waals surface area contributed by atoms with E-state index in [2.05, 4.69) is 27.7 Å². The molecule has 0 aromatic heterocycles. The Balaban J connectivity index is 2.95. The molecule has 176 valence electrons. The van der Waals surface area contributed by atoms with Crippen LogP contribution in [0.2, 0.25) is 0 Å². The van der Waals surface area contributed by atoms with Crippen LogP contribution < -0.4 is 0 Å². The lowest BCUT2D eigenvalue weighted by Gasteiger charge is -2.45. The zero-order chi connectivity index (χ0) is 22.8. The summed E-state index contributed by atoms with van der Waals surface area (Å²) < 4.78 is 0. The molecular formula is C24H44O6. The minimum absolute atomic E-state index is 0.265. The Labute approximate surface area is 183 Å². The van der Waals surface area contributed by atoms with Gasteiger partial charge in [-0.2, -0.15) is 0 Å². The molecule has 0 bridgehead atoms. The Morgan fingerprint density at radius 3 is 2.03 bits per heavy atom. The SMILES string of the molecule is CCCCCC(C)(C)C(CC)(CCCC)C(=O)OOC(=O)C1(CC)OOC1CCC. The van der Waals surface area contributed by atoms with Crippen molar-refractivity contribution in [1.82, 2.24) is 0 Å². The van der Waals surface area contributed by atoms with Crippen LogP contribution in [-0.2, 0) is 29.1 Å². The van der Waals surface area contributed by atoms with Crippen molar-refractivity contribution in [2.24, 2.45) is 10.8 Å². The van der Waals surface area contributed by atoms with Gasteiger partial charge < -0.3 is 0 Å². The van der Waals surface area contributed by atoms with Crippen LogP contribution in [-0.4, -0.2) is 23.6 Å². The minimum atomic E-state index is -1.19. The smallest absolute Gasteiger partial charge is 0.247 e. The van der Waals surface area contributed by atoms with Gasteiger partial charge in [-0.05, 0) is 37.5 Å². The molecule has 0 radical (unpaired) electrons. The van der Waals surface area contributed by atoms with Crippen LogP contribution in [0.1, 0.15) is 119 Å². The lowest BCUT2D eigenvalue weighted by atomic mass is 9.59. The minimum Gasteiger partial charge on any atom is -0.247 e. The first-order chi connectivity index (χ1) is 14.2. The standard InChI is InChI=1S/C24H44O6/c1-8-13-15-17-22(6,7)23(11-4,18-14-9-2)20(25)28-29-21(26)24(12-5)19(16-10-3)27-30-24/h19H,8-18H2,1-7H3. The molecule has 1 aliphatic heterocycles. The van der Waals surface area contributed by atoms with Crippen molar-refractivity contribution < 1.29 is 29.1 Å². The van der Waals surface area contributed by atoms with Gasteiger partial charge in [0.2, 0.25) is 5.60 Å². The third-order valence-corrected chi connectivity index (χ3v) is 7.10. The van der Waals surface area contributed by atoms with Crippen molar-refractivity contribution in [3.63, 3.8) is 0 Å². The van der Waals surface area contributed by atoms with Crippen molar-refractivity contribution in [3.8, 4) is 0 Å². The van der Waals surface area contributed by atoms with Gasteiger partial charge in [-0.1, -0.05) is 87.0 Å². The molecule has 1 rings (SSSR count). The maximum absolute atomic E-state index is 13.3. The molecule has 3 unspecified atom stereocenters. The Morgan fingerprint density at radius 2 is 1.57 bits per heavy atom. The summed E-state index contributed by atoms with van der Waals surface area (Å²) in [5.41, 5.74) is -2.15. The predicted octanol–water partition coefficient (Wildman–Crippen LogP) is 6.46. The normalized spacial score (nSPS) is 23.4. The number of carbonyl (C=O) groups is 2. The molecule has 0 amide bonds. The summed E-state index contributed by atoms with van der Waals surface area (Å²) in [4.78, 5) is 46.7. The zero-order valence-electron chi connectivity index (χ0n) is 20.3. The van der Waals surface area contributed by atoms with Crippen molar-refractivity contribution in [3.05, 3.63) is 0 Å². The number of unbranched alkanes of at least 4 members (excludes halogenated alkanes) is 3. The zero-order valence-corrected chi connectivity index (χ0v) is 20.3. The van der Waals surface area contributed by atoms with Crippen LogP contribution in [0.4, 0.5) is 0 Å². The van der Waals surface area contributed by atoms with E-state index >= 15 is 0 Å². The van der Waals surface area contributed by atoms with Gasteiger partial charge in [-0.25, -0.2) is 29.1 Å². The van der Waals surface area contributed by atoms with E-state index in [1.807, 2.05) is 20.8 Å². The average molecular weight is 429 g/mol. The molecule has 0 spiro atoms. The summed E-state index contributed by atoms with van der Waals surface area (Å²) >= 11 is 0. The molecule has 1 heterocycles. The Morgan fingerprint density at radius 1 is 0.900 bits per heavy atom. The topological polar surface area (TPSA) is 71.1 Å². The van der Waals surface area contributed by atoms with Crippen LogP contribution in [0.3, 0.4) is 0 Å². The van der Waals surface area contributed by atoms with E-state index in [1.54, 1.807) is 0 Å². The fraction of sp³-hybridized carbons (Fsp3) is 0.917. The van der Waals surface area contributed by atoms with E-state index < -0.39 is 23.0 Å². The molecule has 0 aromatic rings. The van der Waals surface area contributed by atoms with Gasteiger partial charge in [-0.3, -0.25) is 0 Å². The van der Waals surface area contributed by atoms with Crippen molar-refractivity contribution in [2.45, 2.75) is 131 Å². The highest BCUT2D eigenvalue weighted by atomic mass is 17.3. The van der Waals surface area contributed by atoms with Crippen molar-refractivity contribution in [2.75, 3.05) is 0 Å². The van der Waals surface area contributed by atoms with Gasteiger partial charge in [0.1, 0.15) is 6.10 Å². The van der Waals surface area contributed by atoms with Crippen LogP contribution in [0.5, 0.6) is 0 Å². The summed E-state index contributed by atoms with van der Waals surface area (Å²) in [5, 5.41) is 0. The molecule has 0 aromatic carbocycles. The van der Waals surface area contributed by atoms with Gasteiger partial charge in [0.05, 0.1) is 5.41 Å². The quantitative estimate of drug-likeness (QED) is 0.180. The second-order valence-electron chi connectivity index (χ2n) is 9.32. The summed E-state index contributed by atoms with van der Waals surface area (Å²) in [6.07, 6.45) is 9.07. The number of hydrogen-bond donors (Lipinski definition) is 0. The second kappa shape index (κ2) is 12.0. The summed E-state index contributed by atoms with van der Waals surface area (Å²) in [5.74, 6) is -1.14. The Bertz CT molecular complexity index is 542. The second-order valence-corrected chi connectivity index (χ2v) is 9.32. The highest BCUT2D eigenvalue weighted by molar-refractivity contribution is 5.83. The van der Waals surface area contributed by atoms with Crippen LogP contribution in [0, 0.1) is 10.8 Å². The van der Waals surface area contributed by atoms with Crippen molar-refractivity contribution in [1.29, 1.82) is 0 Å². The molecule has 6 nitrogen and oxygen atoms in total. The largest absolute Gasteiger partial charge is 0.393 e. The lowest BCUT2D eigenvalue weighted by Crippen LogP contribution is -2.62. The highest BCUT2D eigenvalue weighted by Crippen LogP contribution is 2.50. The van der Waals surface area contributed by atoms with E-state index in [9.17, 15) is 9.59 Å². The first kappa shape index (κ1) is 26.9. The molecule has 0 N–H and O–H groups in total. The van der Waals surface area contributed by atoms with Crippen LogP contribution in [0.15, 0.2) is 0 Å². The van der Waals surface area contributed by atoms with Crippen LogP contribution in [0.25, 0.3) is 0 Å². The van der Waals surface area contributed by atoms with E-state index in [0.29, 0.717) is 25.7 Å². The predicted molar refractivity (Wildman–Crippen MR) is 116 cm³/mol. The first-order valence-electron chi connectivity index (χ1n) is 12.0. The molecule has 3 atom stereocenters. The molecule has 1 saturated heterocycles. The fourth-order valence-corrected chi connectivity index (χ4v) is 4.65. The molecule has 1 aliphatic rings. The highest BCUT2D eigenvalue weighted by Gasteiger charge is 2.59. The Kier molecular flexibility index (Phi) is 10.8. The monoisotopic (exact) mass is 428 g/mol. The summed E-state index contributed by atoms with van der Waals surface area (Å²) in [6, 6.07) is 0. The molecule has 30 heavy (non-hydrogen) atoms. The van der Waals surface area contributed by atoms with E-state index in [4.69, 9.17) is 19.6 Å². The molecule has 0 saturated carbocycles.